The van der Waals surface area contributed by atoms with Crippen LogP contribution in [0.4, 0.5) is 0 Å². The molecule has 0 aliphatic heterocycles. The molecule has 1 rings (SSSR count). The first kappa shape index (κ1) is 16.6. The molecule has 0 atom stereocenters. The van der Waals surface area contributed by atoms with Crippen LogP contribution in [0.1, 0.15) is 51.0 Å². The van der Waals surface area contributed by atoms with E-state index in [0.717, 1.165) is 25.0 Å². The van der Waals surface area contributed by atoms with Gasteiger partial charge in [-0.15, -0.1) is 0 Å². The maximum atomic E-state index is 5.15. The number of methoxy groups -OCH3 is 1. The lowest BCUT2D eigenvalue weighted by Crippen LogP contribution is -1.84. The molecular formula is C19H28O. The van der Waals surface area contributed by atoms with Crippen molar-refractivity contribution in [2.75, 3.05) is 7.11 Å². The van der Waals surface area contributed by atoms with Crippen LogP contribution in [0.5, 0.6) is 5.75 Å². The van der Waals surface area contributed by atoms with E-state index in [-0.39, 0.29) is 0 Å². The zero-order chi connectivity index (χ0) is 14.5. The predicted molar refractivity (Wildman–Crippen MR) is 88.4 cm³/mol. The van der Waals surface area contributed by atoms with Crippen LogP contribution in [0, 0.1) is 0 Å². The predicted octanol–water partition coefficient (Wildman–Crippen LogP) is 5.71. The molecule has 110 valence electrons. The first-order valence-corrected chi connectivity index (χ1v) is 7.79. The number of benzene rings is 1. The van der Waals surface area contributed by atoms with Gasteiger partial charge in [-0.3, -0.25) is 0 Å². The molecule has 0 N–H and O–H groups in total. The molecule has 0 amide bonds. The third-order valence-corrected chi connectivity index (χ3v) is 3.32. The van der Waals surface area contributed by atoms with Gasteiger partial charge in [-0.1, -0.05) is 56.2 Å². The Morgan fingerprint density at radius 1 is 0.850 bits per heavy atom. The monoisotopic (exact) mass is 272 g/mol. The highest BCUT2D eigenvalue weighted by molar-refractivity contribution is 5.28. The molecule has 0 saturated heterocycles. The minimum Gasteiger partial charge on any atom is -0.497 e. The summed E-state index contributed by atoms with van der Waals surface area (Å²) in [4.78, 5) is 0. The zero-order valence-electron chi connectivity index (χ0n) is 13.0. The average Bonchev–Trinajstić information content (AvgIpc) is 2.50. The summed E-state index contributed by atoms with van der Waals surface area (Å²) in [5.74, 6) is 0.922. The van der Waals surface area contributed by atoms with Gasteiger partial charge in [0, 0.05) is 0 Å². The number of rotatable bonds is 10. The van der Waals surface area contributed by atoms with E-state index in [2.05, 4.69) is 43.4 Å². The Morgan fingerprint density at radius 2 is 1.50 bits per heavy atom. The molecule has 1 aromatic carbocycles. The van der Waals surface area contributed by atoms with E-state index in [1.807, 2.05) is 12.1 Å². The van der Waals surface area contributed by atoms with Gasteiger partial charge >= 0.3 is 0 Å². The van der Waals surface area contributed by atoms with E-state index in [0.29, 0.717) is 0 Å². The van der Waals surface area contributed by atoms with Crippen LogP contribution in [0.3, 0.4) is 0 Å². The van der Waals surface area contributed by atoms with Gasteiger partial charge in [0.2, 0.25) is 0 Å². The lowest BCUT2D eigenvalue weighted by molar-refractivity contribution is 0.414. The van der Waals surface area contributed by atoms with Crippen molar-refractivity contribution in [3.63, 3.8) is 0 Å². The molecule has 0 unspecified atom stereocenters. The van der Waals surface area contributed by atoms with Gasteiger partial charge in [0.1, 0.15) is 5.75 Å². The van der Waals surface area contributed by atoms with Crippen molar-refractivity contribution in [1.29, 1.82) is 0 Å². The Labute approximate surface area is 124 Å². The molecule has 0 bridgehead atoms. The van der Waals surface area contributed by atoms with Gasteiger partial charge < -0.3 is 4.74 Å². The van der Waals surface area contributed by atoms with Gasteiger partial charge in [0.05, 0.1) is 7.11 Å². The Morgan fingerprint density at radius 3 is 2.15 bits per heavy atom. The normalized spacial score (nSPS) is 11.5. The van der Waals surface area contributed by atoms with Crippen LogP contribution in [-0.4, -0.2) is 7.11 Å². The minimum absolute atomic E-state index is 0.922. The summed E-state index contributed by atoms with van der Waals surface area (Å²) in [5.41, 5.74) is 1.33. The number of unbranched alkanes of at least 4 members (excludes halogenated alkanes) is 4. The Balaban J connectivity index is 2.09. The summed E-state index contributed by atoms with van der Waals surface area (Å²) in [6.07, 6.45) is 17.7. The highest BCUT2D eigenvalue weighted by atomic mass is 16.5. The number of ether oxygens (including phenoxy) is 1. The van der Waals surface area contributed by atoms with Crippen LogP contribution in [0.2, 0.25) is 0 Å². The van der Waals surface area contributed by atoms with E-state index < -0.39 is 0 Å². The van der Waals surface area contributed by atoms with E-state index in [1.165, 1.54) is 31.2 Å². The molecule has 1 aromatic rings. The van der Waals surface area contributed by atoms with E-state index >= 15 is 0 Å². The summed E-state index contributed by atoms with van der Waals surface area (Å²) < 4.78 is 5.15. The average molecular weight is 272 g/mol. The Hall–Kier alpha value is -1.50. The second kappa shape index (κ2) is 11.3. The number of hydrogen-bond donors (Lipinski definition) is 0. The molecule has 20 heavy (non-hydrogen) atoms. The van der Waals surface area contributed by atoms with Crippen molar-refractivity contribution < 1.29 is 4.74 Å². The zero-order valence-corrected chi connectivity index (χ0v) is 13.0. The first-order valence-electron chi connectivity index (χ1n) is 7.79. The number of allylic oxidation sites excluding steroid dienone is 4. The number of hydrogen-bond acceptors (Lipinski definition) is 1. The lowest BCUT2D eigenvalue weighted by atomic mass is 10.1. The third-order valence-electron chi connectivity index (χ3n) is 3.32. The maximum Gasteiger partial charge on any atom is 0.118 e. The van der Waals surface area contributed by atoms with Crippen molar-refractivity contribution >= 4 is 0 Å². The molecular weight excluding hydrogens is 244 g/mol. The van der Waals surface area contributed by atoms with E-state index in [1.54, 1.807) is 7.11 Å². The Kier molecular flexibility index (Phi) is 9.38. The van der Waals surface area contributed by atoms with Crippen molar-refractivity contribution in [3.05, 3.63) is 54.1 Å². The van der Waals surface area contributed by atoms with Crippen molar-refractivity contribution in [1.82, 2.24) is 0 Å². The van der Waals surface area contributed by atoms with Gasteiger partial charge in [-0.05, 0) is 49.8 Å². The van der Waals surface area contributed by atoms with Crippen LogP contribution >= 0.6 is 0 Å². The molecule has 0 fully saturated rings. The quantitative estimate of drug-likeness (QED) is 0.391. The molecule has 0 aliphatic rings. The highest BCUT2D eigenvalue weighted by Gasteiger charge is 1.91. The summed E-state index contributed by atoms with van der Waals surface area (Å²) in [5, 5.41) is 0. The molecule has 1 heteroatoms. The van der Waals surface area contributed by atoms with Gasteiger partial charge in [0.15, 0.2) is 0 Å². The summed E-state index contributed by atoms with van der Waals surface area (Å²) in [7, 11) is 1.70. The fourth-order valence-corrected chi connectivity index (χ4v) is 2.04. The molecule has 0 heterocycles. The van der Waals surface area contributed by atoms with Crippen molar-refractivity contribution in [2.24, 2.45) is 0 Å². The molecule has 1 nitrogen and oxygen atoms in total. The molecule has 0 radical (unpaired) electrons. The second-order valence-electron chi connectivity index (χ2n) is 5.07. The lowest BCUT2D eigenvalue weighted by Gasteiger charge is -2.00. The fourth-order valence-electron chi connectivity index (χ4n) is 2.04. The summed E-state index contributed by atoms with van der Waals surface area (Å²) in [6.45, 7) is 2.25. The third kappa shape index (κ3) is 7.83. The topological polar surface area (TPSA) is 9.23 Å². The highest BCUT2D eigenvalue weighted by Crippen LogP contribution is 2.12. The Bertz CT molecular complexity index is 387. The smallest absolute Gasteiger partial charge is 0.118 e. The van der Waals surface area contributed by atoms with Crippen molar-refractivity contribution in [2.45, 2.75) is 51.9 Å². The molecule has 0 spiro atoms. The summed E-state index contributed by atoms with van der Waals surface area (Å²) in [6, 6.07) is 8.28. The minimum atomic E-state index is 0.922. The SMILES string of the molecule is CCCCCC=CCCC=CCc1ccc(OC)cc1. The largest absolute Gasteiger partial charge is 0.497 e. The van der Waals surface area contributed by atoms with Crippen LogP contribution in [0.15, 0.2) is 48.6 Å². The van der Waals surface area contributed by atoms with Crippen molar-refractivity contribution in [3.8, 4) is 5.75 Å². The fraction of sp³-hybridized carbons (Fsp3) is 0.474. The second-order valence-corrected chi connectivity index (χ2v) is 5.07. The standard InChI is InChI=1S/C19H28O/c1-3-4-5-6-7-8-9-10-11-12-13-18-14-16-19(20-2)17-15-18/h7-8,11-12,14-17H,3-6,9-10,13H2,1-2H3. The molecule has 0 aliphatic carbocycles. The van der Waals surface area contributed by atoms with Crippen LogP contribution in [0.25, 0.3) is 0 Å². The van der Waals surface area contributed by atoms with Gasteiger partial charge in [0.25, 0.3) is 0 Å². The maximum absolute atomic E-state index is 5.15. The summed E-state index contributed by atoms with van der Waals surface area (Å²) >= 11 is 0. The van der Waals surface area contributed by atoms with E-state index in [9.17, 15) is 0 Å². The van der Waals surface area contributed by atoms with Gasteiger partial charge in [-0.2, -0.15) is 0 Å². The molecule has 0 saturated carbocycles. The van der Waals surface area contributed by atoms with Crippen LogP contribution < -0.4 is 4.74 Å². The molecule has 0 aromatic heterocycles. The first-order chi connectivity index (χ1) is 9.86. The van der Waals surface area contributed by atoms with Gasteiger partial charge in [-0.25, -0.2) is 0 Å². The van der Waals surface area contributed by atoms with E-state index in [4.69, 9.17) is 4.74 Å². The van der Waals surface area contributed by atoms with Crippen LogP contribution in [-0.2, 0) is 6.42 Å².